The van der Waals surface area contributed by atoms with Gasteiger partial charge in [0.15, 0.2) is 0 Å². The molecule has 1 aromatic heterocycles. The van der Waals surface area contributed by atoms with Gasteiger partial charge in [0.1, 0.15) is 0 Å². The van der Waals surface area contributed by atoms with Gasteiger partial charge < -0.3 is 10.2 Å². The van der Waals surface area contributed by atoms with Crippen molar-refractivity contribution in [3.8, 4) is 11.1 Å². The van der Waals surface area contributed by atoms with Crippen LogP contribution in [0.1, 0.15) is 51.5 Å². The van der Waals surface area contributed by atoms with Gasteiger partial charge in [0.25, 0.3) is 0 Å². The topological polar surface area (TPSA) is 62.3 Å². The minimum absolute atomic E-state index is 0.0802. The van der Waals surface area contributed by atoms with Crippen LogP contribution in [0.3, 0.4) is 0 Å². The molecular weight excluding hydrogens is 410 g/mol. The van der Waals surface area contributed by atoms with Gasteiger partial charge in [-0.2, -0.15) is 0 Å². The largest absolute Gasteiger partial charge is 0.353 e. The summed E-state index contributed by atoms with van der Waals surface area (Å²) in [5, 5.41) is 3.18. The molecular formula is C28H35N3O2. The van der Waals surface area contributed by atoms with Crippen LogP contribution >= 0.6 is 0 Å². The second kappa shape index (κ2) is 10.3. The van der Waals surface area contributed by atoms with E-state index in [9.17, 15) is 9.59 Å². The maximum atomic E-state index is 13.5. The lowest BCUT2D eigenvalue weighted by atomic mass is 9.71. The lowest BCUT2D eigenvalue weighted by Crippen LogP contribution is -2.53. The van der Waals surface area contributed by atoms with Crippen molar-refractivity contribution in [2.24, 2.45) is 11.3 Å². The molecule has 2 aromatic rings. The van der Waals surface area contributed by atoms with Crippen LogP contribution in [-0.4, -0.2) is 40.8 Å². The number of nitrogens with one attached hydrogen (secondary N) is 1. The Morgan fingerprint density at radius 1 is 1.12 bits per heavy atom. The Kier molecular flexibility index (Phi) is 7.26. The molecule has 0 saturated carbocycles. The number of carbonyl (C=O) groups is 2. The van der Waals surface area contributed by atoms with Crippen molar-refractivity contribution in [2.75, 3.05) is 13.1 Å². The van der Waals surface area contributed by atoms with Crippen molar-refractivity contribution >= 4 is 11.8 Å². The lowest BCUT2D eigenvalue weighted by Gasteiger charge is -2.42. The molecule has 1 aliphatic heterocycles. The molecule has 0 bridgehead atoms. The fourth-order valence-electron chi connectivity index (χ4n) is 5.17. The van der Waals surface area contributed by atoms with Gasteiger partial charge in [-0.05, 0) is 69.6 Å². The third-order valence-corrected chi connectivity index (χ3v) is 7.07. The minimum Gasteiger partial charge on any atom is -0.353 e. The Morgan fingerprint density at radius 3 is 2.58 bits per heavy atom. The van der Waals surface area contributed by atoms with E-state index in [-0.39, 0.29) is 23.8 Å². The van der Waals surface area contributed by atoms with E-state index < -0.39 is 5.41 Å². The smallest absolute Gasteiger partial charge is 0.226 e. The maximum Gasteiger partial charge on any atom is 0.226 e. The van der Waals surface area contributed by atoms with Crippen molar-refractivity contribution in [3.63, 3.8) is 0 Å². The van der Waals surface area contributed by atoms with E-state index >= 15 is 0 Å². The van der Waals surface area contributed by atoms with Gasteiger partial charge in [0, 0.05) is 43.0 Å². The summed E-state index contributed by atoms with van der Waals surface area (Å²) in [6.07, 6.45) is 12.7. The summed E-state index contributed by atoms with van der Waals surface area (Å²) in [6, 6.07) is 12.4. The third-order valence-electron chi connectivity index (χ3n) is 7.07. The van der Waals surface area contributed by atoms with E-state index in [1.54, 1.807) is 6.20 Å². The van der Waals surface area contributed by atoms with Crippen LogP contribution < -0.4 is 5.32 Å². The fourth-order valence-corrected chi connectivity index (χ4v) is 5.17. The van der Waals surface area contributed by atoms with Crippen LogP contribution in [0, 0.1) is 11.3 Å². The Bertz CT molecular complexity index is 991. The second-order valence-corrected chi connectivity index (χ2v) is 9.79. The van der Waals surface area contributed by atoms with Crippen molar-refractivity contribution < 1.29 is 9.59 Å². The molecule has 5 nitrogen and oxygen atoms in total. The lowest BCUT2D eigenvalue weighted by molar-refractivity contribution is -0.143. The van der Waals surface area contributed by atoms with Crippen molar-refractivity contribution in [2.45, 2.75) is 58.4 Å². The number of nitrogens with zero attached hydrogens (tertiary/aromatic N) is 2. The monoisotopic (exact) mass is 445 g/mol. The molecule has 33 heavy (non-hydrogen) atoms. The van der Waals surface area contributed by atoms with Crippen LogP contribution in [0.25, 0.3) is 11.1 Å². The number of hydrogen-bond acceptors (Lipinski definition) is 3. The molecule has 174 valence electrons. The first-order valence-electron chi connectivity index (χ1n) is 12.2. The molecule has 0 radical (unpaired) electrons. The van der Waals surface area contributed by atoms with Gasteiger partial charge in [-0.15, -0.1) is 0 Å². The number of hydrogen-bond donors (Lipinski definition) is 1. The number of carbonyl (C=O) groups excluding carboxylic acids is 2. The Balaban J connectivity index is 1.57. The number of pyridine rings is 1. The van der Waals surface area contributed by atoms with Crippen LogP contribution in [-0.2, 0) is 16.0 Å². The third kappa shape index (κ3) is 5.35. The summed E-state index contributed by atoms with van der Waals surface area (Å²) in [5.41, 5.74) is 2.81. The first kappa shape index (κ1) is 23.2. The zero-order chi connectivity index (χ0) is 23.3. The SMILES string of the molecule is CC(C)NC(=O)C1(Cc2ccccc2-c2cccnc2)CCN(C(=O)C2CC=CCC2)CC1. The Morgan fingerprint density at radius 2 is 1.91 bits per heavy atom. The number of benzene rings is 1. The van der Waals surface area contributed by atoms with E-state index in [1.165, 1.54) is 0 Å². The van der Waals surface area contributed by atoms with Gasteiger partial charge in [-0.25, -0.2) is 0 Å². The number of likely N-dealkylation sites (tertiary alicyclic amines) is 1. The standard InChI is InChI=1S/C28H35N3O2/c1-21(2)30-27(33)28(14-17-31(18-15-28)26(32)22-9-4-3-5-10-22)19-23-11-6-7-13-25(23)24-12-8-16-29-20-24/h3-4,6-8,11-13,16,20-22H,5,9-10,14-15,17-19H2,1-2H3,(H,30,33). The highest BCUT2D eigenvalue weighted by molar-refractivity contribution is 5.85. The summed E-state index contributed by atoms with van der Waals surface area (Å²) >= 11 is 0. The van der Waals surface area contributed by atoms with E-state index in [0.717, 1.165) is 36.0 Å². The summed E-state index contributed by atoms with van der Waals surface area (Å²) in [7, 11) is 0. The van der Waals surface area contributed by atoms with Crippen LogP contribution in [0.4, 0.5) is 0 Å². The number of piperidine rings is 1. The quantitative estimate of drug-likeness (QED) is 0.651. The Labute approximate surface area is 197 Å². The molecule has 1 fully saturated rings. The predicted octanol–water partition coefficient (Wildman–Crippen LogP) is 4.78. The van der Waals surface area contributed by atoms with E-state index in [4.69, 9.17) is 0 Å². The molecule has 2 aliphatic rings. The molecule has 2 heterocycles. The summed E-state index contributed by atoms with van der Waals surface area (Å²) in [6.45, 7) is 5.29. The number of amides is 2. The van der Waals surface area contributed by atoms with Crippen molar-refractivity contribution in [3.05, 3.63) is 66.5 Å². The molecule has 5 heteroatoms. The van der Waals surface area contributed by atoms with Gasteiger partial charge in [-0.3, -0.25) is 14.6 Å². The first-order valence-corrected chi connectivity index (χ1v) is 12.2. The summed E-state index contributed by atoms with van der Waals surface area (Å²) < 4.78 is 0. The van der Waals surface area contributed by atoms with E-state index in [0.29, 0.717) is 32.4 Å². The van der Waals surface area contributed by atoms with Crippen LogP contribution in [0.5, 0.6) is 0 Å². The number of allylic oxidation sites excluding steroid dienone is 2. The highest BCUT2D eigenvalue weighted by Crippen LogP contribution is 2.39. The highest BCUT2D eigenvalue weighted by Gasteiger charge is 2.43. The molecule has 1 unspecified atom stereocenters. The minimum atomic E-state index is -0.522. The van der Waals surface area contributed by atoms with Crippen LogP contribution in [0.2, 0.25) is 0 Å². The maximum absolute atomic E-state index is 13.5. The zero-order valence-electron chi connectivity index (χ0n) is 19.8. The average Bonchev–Trinajstić information content (AvgIpc) is 2.85. The second-order valence-electron chi connectivity index (χ2n) is 9.79. The zero-order valence-corrected chi connectivity index (χ0v) is 19.8. The van der Waals surface area contributed by atoms with E-state index in [1.807, 2.05) is 43.1 Å². The van der Waals surface area contributed by atoms with Crippen LogP contribution in [0.15, 0.2) is 60.9 Å². The predicted molar refractivity (Wildman–Crippen MR) is 131 cm³/mol. The first-order chi connectivity index (χ1) is 16.0. The number of aromatic nitrogens is 1. The Hall–Kier alpha value is -2.95. The molecule has 4 rings (SSSR count). The molecule has 1 saturated heterocycles. The van der Waals surface area contributed by atoms with Gasteiger partial charge in [0.05, 0.1) is 5.41 Å². The van der Waals surface area contributed by atoms with Gasteiger partial charge in [0.2, 0.25) is 11.8 Å². The van der Waals surface area contributed by atoms with E-state index in [2.05, 4.69) is 40.7 Å². The molecule has 1 aliphatic carbocycles. The molecule has 1 aromatic carbocycles. The average molecular weight is 446 g/mol. The molecule has 1 atom stereocenters. The molecule has 1 N–H and O–H groups in total. The number of rotatable bonds is 6. The molecule has 0 spiro atoms. The van der Waals surface area contributed by atoms with Crippen molar-refractivity contribution in [1.82, 2.24) is 15.2 Å². The van der Waals surface area contributed by atoms with Crippen molar-refractivity contribution in [1.29, 1.82) is 0 Å². The summed E-state index contributed by atoms with van der Waals surface area (Å²) in [5.74, 6) is 0.456. The summed E-state index contributed by atoms with van der Waals surface area (Å²) in [4.78, 5) is 32.9. The fraction of sp³-hybridized carbons (Fsp3) is 0.464. The molecule has 2 amide bonds. The normalized spacial score (nSPS) is 20.0. The van der Waals surface area contributed by atoms with Gasteiger partial charge >= 0.3 is 0 Å². The van der Waals surface area contributed by atoms with Gasteiger partial charge in [-0.1, -0.05) is 42.5 Å². The highest BCUT2D eigenvalue weighted by atomic mass is 16.2.